The van der Waals surface area contributed by atoms with Crippen LogP contribution in [0.4, 0.5) is 0 Å². The van der Waals surface area contributed by atoms with Crippen LogP contribution in [0.15, 0.2) is 24.3 Å². The Labute approximate surface area is 124 Å². The maximum atomic E-state index is 12.4. The van der Waals surface area contributed by atoms with Gasteiger partial charge >= 0.3 is 0 Å². The average Bonchev–Trinajstić information content (AvgIpc) is 2.93. The highest BCUT2D eigenvalue weighted by Crippen LogP contribution is 2.58. The van der Waals surface area contributed by atoms with Gasteiger partial charge in [0.15, 0.2) is 0 Å². The predicted molar refractivity (Wildman–Crippen MR) is 79.5 cm³/mol. The van der Waals surface area contributed by atoms with Gasteiger partial charge in [-0.1, -0.05) is 37.6 Å². The quantitative estimate of drug-likeness (QED) is 0.831. The van der Waals surface area contributed by atoms with Crippen LogP contribution in [0.2, 0.25) is 5.02 Å². The molecule has 4 heteroatoms. The van der Waals surface area contributed by atoms with Crippen molar-refractivity contribution >= 4 is 29.1 Å². The topological polar surface area (TPSA) is 29.1 Å². The summed E-state index contributed by atoms with van der Waals surface area (Å²) >= 11 is 12.1. The van der Waals surface area contributed by atoms with Gasteiger partial charge in [0.25, 0.3) is 0 Å². The highest BCUT2D eigenvalue weighted by Gasteiger charge is 2.65. The highest BCUT2D eigenvalue weighted by molar-refractivity contribution is 6.30. The van der Waals surface area contributed by atoms with Crippen LogP contribution in [0.1, 0.15) is 38.8 Å². The van der Waals surface area contributed by atoms with Crippen molar-refractivity contribution in [3.63, 3.8) is 0 Å². The van der Waals surface area contributed by atoms with Crippen molar-refractivity contribution in [2.24, 2.45) is 11.3 Å². The van der Waals surface area contributed by atoms with Crippen LogP contribution in [-0.4, -0.2) is 11.3 Å². The lowest BCUT2D eigenvalue weighted by Gasteiger charge is -2.20. The summed E-state index contributed by atoms with van der Waals surface area (Å²) in [6.07, 6.45) is 0.779. The molecule has 104 valence electrons. The molecule has 0 aromatic heterocycles. The molecular weight excluding hydrogens is 281 g/mol. The van der Waals surface area contributed by atoms with Crippen LogP contribution in [0, 0.1) is 11.3 Å². The summed E-state index contributed by atoms with van der Waals surface area (Å²) in [6, 6.07) is 7.49. The van der Waals surface area contributed by atoms with E-state index < -0.39 is 0 Å². The van der Waals surface area contributed by atoms with Gasteiger partial charge in [-0.25, -0.2) is 0 Å². The smallest absolute Gasteiger partial charge is 0.228 e. The lowest BCUT2D eigenvalue weighted by molar-refractivity contribution is -0.127. The van der Waals surface area contributed by atoms with Gasteiger partial charge in [-0.2, -0.15) is 0 Å². The van der Waals surface area contributed by atoms with Crippen molar-refractivity contribution in [2.75, 3.05) is 0 Å². The molecule has 1 N–H and O–H groups in total. The van der Waals surface area contributed by atoms with Crippen LogP contribution in [0.3, 0.4) is 0 Å². The number of nitrogens with one attached hydrogen (secondary N) is 1. The van der Waals surface area contributed by atoms with Crippen LogP contribution in [-0.2, 0) is 4.79 Å². The van der Waals surface area contributed by atoms with Crippen LogP contribution in [0.5, 0.6) is 0 Å². The molecule has 1 saturated carbocycles. The number of hydrogen-bond donors (Lipinski definition) is 1. The van der Waals surface area contributed by atoms with Crippen molar-refractivity contribution in [2.45, 2.75) is 38.6 Å². The van der Waals surface area contributed by atoms with Crippen molar-refractivity contribution in [3.05, 3.63) is 34.9 Å². The lowest BCUT2D eigenvalue weighted by Crippen LogP contribution is -2.35. The maximum absolute atomic E-state index is 12.4. The Morgan fingerprint density at radius 3 is 2.37 bits per heavy atom. The third kappa shape index (κ3) is 2.48. The summed E-state index contributed by atoms with van der Waals surface area (Å²) in [7, 11) is 0. The number of rotatable bonds is 4. The Balaban J connectivity index is 2.05. The Morgan fingerprint density at radius 1 is 1.42 bits per heavy atom. The molecule has 1 aliphatic rings. The zero-order valence-electron chi connectivity index (χ0n) is 11.4. The van der Waals surface area contributed by atoms with E-state index in [4.69, 9.17) is 23.2 Å². The fourth-order valence-electron chi connectivity index (χ4n) is 2.75. The van der Waals surface area contributed by atoms with Gasteiger partial charge in [-0.3, -0.25) is 4.79 Å². The van der Waals surface area contributed by atoms with Gasteiger partial charge in [-0.15, -0.1) is 11.6 Å². The van der Waals surface area contributed by atoms with Gasteiger partial charge in [-0.05, 0) is 37.0 Å². The molecule has 4 unspecified atom stereocenters. The molecular formula is C15H19Cl2NO. The molecule has 0 saturated heterocycles. The summed E-state index contributed by atoms with van der Waals surface area (Å²) in [4.78, 5) is 12.4. The van der Waals surface area contributed by atoms with E-state index in [0.717, 1.165) is 12.0 Å². The SMILES string of the molecule is CCC1(C(=O)NC(C)c2ccc(Cl)cc2)C(C)C1Cl. The highest BCUT2D eigenvalue weighted by atomic mass is 35.5. The molecule has 19 heavy (non-hydrogen) atoms. The molecule has 2 rings (SSSR count). The first-order valence-corrected chi connectivity index (χ1v) is 7.45. The zero-order valence-corrected chi connectivity index (χ0v) is 12.9. The van der Waals surface area contributed by atoms with Gasteiger partial charge in [0, 0.05) is 5.02 Å². The zero-order chi connectivity index (χ0) is 14.2. The number of benzene rings is 1. The fraction of sp³-hybridized carbons (Fsp3) is 0.533. The maximum Gasteiger partial charge on any atom is 0.228 e. The number of halogens is 2. The average molecular weight is 300 g/mol. The predicted octanol–water partition coefficient (Wildman–Crippen LogP) is 4.17. The number of hydrogen-bond acceptors (Lipinski definition) is 1. The molecule has 1 aromatic rings. The van der Waals surface area contributed by atoms with Crippen LogP contribution < -0.4 is 5.32 Å². The van der Waals surface area contributed by atoms with Crippen LogP contribution in [0.25, 0.3) is 0 Å². The normalized spacial score (nSPS) is 30.8. The summed E-state index contributed by atoms with van der Waals surface area (Å²) < 4.78 is 0. The van der Waals surface area contributed by atoms with E-state index in [1.165, 1.54) is 0 Å². The molecule has 0 radical (unpaired) electrons. The monoisotopic (exact) mass is 299 g/mol. The number of amides is 1. The second-order valence-electron chi connectivity index (χ2n) is 5.33. The van der Waals surface area contributed by atoms with Crippen molar-refractivity contribution in [3.8, 4) is 0 Å². The van der Waals surface area contributed by atoms with E-state index in [1.54, 1.807) is 0 Å². The summed E-state index contributed by atoms with van der Waals surface area (Å²) in [5.41, 5.74) is 0.658. The Bertz CT molecular complexity index is 464. The second-order valence-corrected chi connectivity index (χ2v) is 6.24. The molecule has 0 bridgehead atoms. The largest absolute Gasteiger partial charge is 0.349 e. The van der Waals surface area contributed by atoms with E-state index in [0.29, 0.717) is 5.02 Å². The van der Waals surface area contributed by atoms with Crippen molar-refractivity contribution in [1.82, 2.24) is 5.32 Å². The van der Waals surface area contributed by atoms with Gasteiger partial charge in [0.1, 0.15) is 0 Å². The van der Waals surface area contributed by atoms with E-state index in [-0.39, 0.29) is 28.7 Å². The van der Waals surface area contributed by atoms with E-state index in [2.05, 4.69) is 5.32 Å². The first kappa shape index (κ1) is 14.7. The van der Waals surface area contributed by atoms with E-state index in [1.807, 2.05) is 45.0 Å². The standard InChI is InChI=1S/C15H19Cl2NO/c1-4-15(9(2)13(15)17)14(19)18-10(3)11-5-7-12(16)8-6-11/h5-10,13H,4H2,1-3H3,(H,18,19). The minimum absolute atomic E-state index is 0.0372. The summed E-state index contributed by atoms with van der Waals surface area (Å²) in [6.45, 7) is 6.03. The summed E-state index contributed by atoms with van der Waals surface area (Å²) in [5, 5.41) is 3.72. The molecule has 2 nitrogen and oxygen atoms in total. The molecule has 4 atom stereocenters. The van der Waals surface area contributed by atoms with Gasteiger partial charge < -0.3 is 5.32 Å². The van der Waals surface area contributed by atoms with E-state index >= 15 is 0 Å². The van der Waals surface area contributed by atoms with Crippen molar-refractivity contribution in [1.29, 1.82) is 0 Å². The molecule has 1 aliphatic carbocycles. The molecule has 0 heterocycles. The third-order valence-electron chi connectivity index (χ3n) is 4.36. The fourth-order valence-corrected chi connectivity index (χ4v) is 3.48. The number of alkyl halides is 1. The molecule has 1 aromatic carbocycles. The minimum atomic E-state index is -0.387. The molecule has 0 aliphatic heterocycles. The molecule has 1 amide bonds. The van der Waals surface area contributed by atoms with Crippen molar-refractivity contribution < 1.29 is 4.79 Å². The molecule has 1 fully saturated rings. The van der Waals surface area contributed by atoms with Gasteiger partial charge in [0.05, 0.1) is 16.8 Å². The third-order valence-corrected chi connectivity index (χ3v) is 5.38. The Hall–Kier alpha value is -0.730. The number of carbonyl (C=O) groups excluding carboxylic acids is 1. The first-order valence-electron chi connectivity index (χ1n) is 6.64. The van der Waals surface area contributed by atoms with Crippen LogP contribution >= 0.6 is 23.2 Å². The molecule has 0 spiro atoms. The van der Waals surface area contributed by atoms with Gasteiger partial charge in [0.2, 0.25) is 5.91 Å². The second kappa shape index (κ2) is 5.34. The Kier molecular flexibility index (Phi) is 4.12. The first-order chi connectivity index (χ1) is 8.93. The minimum Gasteiger partial charge on any atom is -0.349 e. The lowest BCUT2D eigenvalue weighted by atomic mass is 9.98. The summed E-state index contributed by atoms with van der Waals surface area (Å²) in [5.74, 6) is 0.307. The number of carbonyl (C=O) groups is 1. The Morgan fingerprint density at radius 2 is 1.95 bits per heavy atom. The van der Waals surface area contributed by atoms with E-state index in [9.17, 15) is 4.79 Å².